The van der Waals surface area contributed by atoms with Crippen LogP contribution in [-0.4, -0.2) is 52.6 Å². The third kappa shape index (κ3) is 7.58. The van der Waals surface area contributed by atoms with E-state index < -0.39 is 12.1 Å². The van der Waals surface area contributed by atoms with Gasteiger partial charge in [0.05, 0.1) is 11.6 Å². The van der Waals surface area contributed by atoms with Gasteiger partial charge in [-0.15, -0.1) is 0 Å². The van der Waals surface area contributed by atoms with Gasteiger partial charge in [-0.25, -0.2) is 4.79 Å². The second-order valence-corrected chi connectivity index (χ2v) is 14.0. The van der Waals surface area contributed by atoms with E-state index in [0.29, 0.717) is 43.0 Å². The number of likely N-dealkylation sites (tertiary alicyclic amines) is 1. The first-order valence-electron chi connectivity index (χ1n) is 17.1. The van der Waals surface area contributed by atoms with E-state index in [0.717, 1.165) is 61.2 Å². The van der Waals surface area contributed by atoms with Gasteiger partial charge in [0.15, 0.2) is 0 Å². The fourth-order valence-electron chi connectivity index (χ4n) is 8.16. The van der Waals surface area contributed by atoms with Crippen molar-refractivity contribution in [2.24, 2.45) is 17.3 Å². The summed E-state index contributed by atoms with van der Waals surface area (Å²) in [6, 6.07) is 19.1. The molecule has 0 radical (unpaired) electrons. The lowest BCUT2D eigenvalue weighted by molar-refractivity contribution is -0.122. The smallest absolute Gasteiger partial charge is 0.350 e. The van der Waals surface area contributed by atoms with Gasteiger partial charge in [0.25, 0.3) is 0 Å². The maximum Gasteiger partial charge on any atom is 0.350 e. The highest BCUT2D eigenvalue weighted by atomic mass is 16.2. The number of rotatable bonds is 13. The van der Waals surface area contributed by atoms with E-state index in [2.05, 4.69) is 33.6 Å². The lowest BCUT2D eigenvalue weighted by Crippen LogP contribution is -2.45. The van der Waals surface area contributed by atoms with Crippen LogP contribution in [0.15, 0.2) is 59.4 Å². The zero-order valence-electron chi connectivity index (χ0n) is 26.7. The highest BCUT2D eigenvalue weighted by Gasteiger charge is 2.44. The zero-order valence-corrected chi connectivity index (χ0v) is 26.7. The van der Waals surface area contributed by atoms with Crippen molar-refractivity contribution < 1.29 is 4.79 Å². The predicted molar refractivity (Wildman–Crippen MR) is 179 cm³/mol. The van der Waals surface area contributed by atoms with Gasteiger partial charge in [-0.1, -0.05) is 42.5 Å². The van der Waals surface area contributed by atoms with E-state index in [9.17, 15) is 14.9 Å². The molecule has 3 fully saturated rings. The first kappa shape index (κ1) is 31.3. The fourth-order valence-corrected chi connectivity index (χ4v) is 8.16. The van der Waals surface area contributed by atoms with Crippen LogP contribution in [0.3, 0.4) is 0 Å². The predicted octanol–water partition coefficient (Wildman–Crippen LogP) is 5.91. The van der Waals surface area contributed by atoms with Crippen molar-refractivity contribution in [3.05, 3.63) is 70.6 Å². The number of carbonyl (C=O) groups is 1. The first-order valence-corrected chi connectivity index (χ1v) is 17.1. The van der Waals surface area contributed by atoms with Gasteiger partial charge in [-0.3, -0.25) is 9.36 Å². The third-order valence-electron chi connectivity index (χ3n) is 11.0. The number of nitrogens with zero attached hydrogens (tertiary/aromatic N) is 4. The molecule has 2 saturated carbocycles. The van der Waals surface area contributed by atoms with Gasteiger partial charge in [0, 0.05) is 11.9 Å². The Morgan fingerprint density at radius 3 is 2.49 bits per heavy atom. The van der Waals surface area contributed by atoms with Crippen LogP contribution in [0.5, 0.6) is 0 Å². The number of piperidine rings is 1. The Bertz CT molecular complexity index is 1550. The topological polar surface area (TPSA) is 103 Å². The van der Waals surface area contributed by atoms with E-state index in [-0.39, 0.29) is 11.6 Å². The normalized spacial score (nSPS) is 23.1. The average molecular weight is 609 g/mol. The van der Waals surface area contributed by atoms with Crippen LogP contribution < -0.4 is 16.3 Å². The van der Waals surface area contributed by atoms with Crippen LogP contribution in [0.25, 0.3) is 10.9 Å². The van der Waals surface area contributed by atoms with Gasteiger partial charge in [0.1, 0.15) is 17.9 Å². The summed E-state index contributed by atoms with van der Waals surface area (Å²) in [5, 5.41) is 17.2. The van der Waals surface area contributed by atoms with Crippen LogP contribution in [0, 0.1) is 28.6 Å². The van der Waals surface area contributed by atoms with Gasteiger partial charge in [0.2, 0.25) is 5.91 Å². The summed E-state index contributed by atoms with van der Waals surface area (Å²) in [4.78, 5) is 34.3. The standard InChI is InChI=1S/C37H48N6O2/c1-42-22-16-28(17-23-42)18-24-43-33-10-6-5-9-31(33)34(41-36(43)45)40-32(15-21-37-19-13-29(25-37)14-20-37)35(44)39-30(26-38)12-11-27-7-3-2-4-8-27/h2-10,28-30,32H,11-25H2,1H3,(H,39,44)(H,40,41,45). The lowest BCUT2D eigenvalue weighted by Gasteiger charge is -2.30. The molecule has 2 N–H and O–H groups in total. The van der Waals surface area contributed by atoms with Crippen molar-refractivity contribution >= 4 is 22.6 Å². The molecule has 8 heteroatoms. The van der Waals surface area contributed by atoms with E-state index in [1.54, 1.807) is 4.57 Å². The van der Waals surface area contributed by atoms with Crippen molar-refractivity contribution in [3.8, 4) is 6.07 Å². The maximum atomic E-state index is 13.9. The summed E-state index contributed by atoms with van der Waals surface area (Å²) in [6.45, 7) is 2.84. The zero-order chi connectivity index (χ0) is 31.2. The average Bonchev–Trinajstić information content (AvgIpc) is 3.67. The molecule has 8 nitrogen and oxygen atoms in total. The van der Waals surface area contributed by atoms with Crippen molar-refractivity contribution in [2.45, 2.75) is 95.7 Å². The molecule has 3 aliphatic rings. The third-order valence-corrected chi connectivity index (χ3v) is 11.0. The molecule has 3 aromatic rings. The Hall–Kier alpha value is -3.70. The molecule has 2 aromatic carbocycles. The number of para-hydroxylation sites is 1. The van der Waals surface area contributed by atoms with E-state index in [4.69, 9.17) is 0 Å². The van der Waals surface area contributed by atoms with Crippen molar-refractivity contribution in [2.75, 3.05) is 25.5 Å². The van der Waals surface area contributed by atoms with Gasteiger partial charge in [-0.05, 0) is 132 Å². The molecular weight excluding hydrogens is 560 g/mol. The molecule has 1 amide bonds. The second kappa shape index (κ2) is 14.2. The number of benzene rings is 2. The van der Waals surface area contributed by atoms with Crippen LogP contribution in [0.2, 0.25) is 0 Å². The SMILES string of the molecule is CN1CCC(CCn2c(=O)nc(NC(CCC34CCC(CC3)C4)C(=O)NC(C#N)CCc3ccccc3)c3ccccc32)CC1. The highest BCUT2D eigenvalue weighted by molar-refractivity contribution is 5.92. The molecule has 1 aromatic heterocycles. The second-order valence-electron chi connectivity index (χ2n) is 14.0. The number of nitriles is 1. The molecule has 2 aliphatic carbocycles. The van der Waals surface area contributed by atoms with Gasteiger partial charge < -0.3 is 15.5 Å². The van der Waals surface area contributed by atoms with Crippen molar-refractivity contribution in [3.63, 3.8) is 0 Å². The van der Waals surface area contributed by atoms with Gasteiger partial charge >= 0.3 is 5.69 Å². The number of nitrogens with one attached hydrogen (secondary N) is 2. The minimum Gasteiger partial charge on any atom is -0.358 e. The number of aryl methyl sites for hydroxylation is 2. The van der Waals surface area contributed by atoms with E-state index >= 15 is 0 Å². The van der Waals surface area contributed by atoms with Gasteiger partial charge in [-0.2, -0.15) is 10.2 Å². The highest BCUT2D eigenvalue weighted by Crippen LogP contribution is 2.56. The summed E-state index contributed by atoms with van der Waals surface area (Å²) in [5.41, 5.74) is 2.02. The quantitative estimate of drug-likeness (QED) is 0.250. The van der Waals surface area contributed by atoms with Crippen LogP contribution >= 0.6 is 0 Å². The number of amides is 1. The minimum atomic E-state index is -0.597. The summed E-state index contributed by atoms with van der Waals surface area (Å²) in [7, 11) is 2.17. The lowest BCUT2D eigenvalue weighted by atomic mass is 9.79. The number of fused-ring (bicyclic) bond motifs is 3. The summed E-state index contributed by atoms with van der Waals surface area (Å²) in [6.07, 6.45) is 12.4. The molecule has 2 bridgehead atoms. The molecule has 1 aliphatic heterocycles. The number of hydrogen-bond donors (Lipinski definition) is 2. The van der Waals surface area contributed by atoms with E-state index in [1.165, 1.54) is 32.1 Å². The number of hydrogen-bond acceptors (Lipinski definition) is 6. The Kier molecular flexibility index (Phi) is 9.85. The summed E-state index contributed by atoms with van der Waals surface area (Å²) >= 11 is 0. The minimum absolute atomic E-state index is 0.198. The van der Waals surface area contributed by atoms with Crippen LogP contribution in [0.1, 0.15) is 76.2 Å². The molecular formula is C37H48N6O2. The molecule has 2 heterocycles. The monoisotopic (exact) mass is 608 g/mol. The molecule has 0 spiro atoms. The molecule has 1 saturated heterocycles. The molecule has 238 valence electrons. The number of aromatic nitrogens is 2. The Balaban J connectivity index is 1.20. The van der Waals surface area contributed by atoms with Crippen molar-refractivity contribution in [1.82, 2.24) is 19.8 Å². The van der Waals surface area contributed by atoms with Crippen LogP contribution in [0.4, 0.5) is 5.82 Å². The Morgan fingerprint density at radius 1 is 1.04 bits per heavy atom. The summed E-state index contributed by atoms with van der Waals surface area (Å²) < 4.78 is 1.80. The molecule has 45 heavy (non-hydrogen) atoms. The molecule has 2 unspecified atom stereocenters. The van der Waals surface area contributed by atoms with E-state index in [1.807, 2.05) is 54.6 Å². The number of anilines is 1. The molecule has 6 rings (SSSR count). The largest absolute Gasteiger partial charge is 0.358 e. The fraction of sp³-hybridized carbons (Fsp3) is 0.568. The summed E-state index contributed by atoms with van der Waals surface area (Å²) in [5.74, 6) is 1.70. The number of carbonyl (C=O) groups excluding carboxylic acids is 1. The Labute approximate surface area is 267 Å². The Morgan fingerprint density at radius 2 is 1.78 bits per heavy atom. The van der Waals surface area contributed by atoms with Crippen LogP contribution in [-0.2, 0) is 17.8 Å². The first-order chi connectivity index (χ1) is 21.9. The maximum absolute atomic E-state index is 13.9. The molecule has 2 atom stereocenters. The van der Waals surface area contributed by atoms with Crippen molar-refractivity contribution in [1.29, 1.82) is 5.26 Å².